The average molecular weight is 669 g/mol. The zero-order chi connectivity index (χ0) is 34.1. The van der Waals surface area contributed by atoms with Gasteiger partial charge in [-0.25, -0.2) is 0 Å². The van der Waals surface area contributed by atoms with Crippen molar-refractivity contribution in [1.82, 2.24) is 0 Å². The fourth-order valence-corrected chi connectivity index (χ4v) is 9.54. The first-order valence-electron chi connectivity index (χ1n) is 16.3. The van der Waals surface area contributed by atoms with Gasteiger partial charge in [0.2, 0.25) is 0 Å². The Balaban J connectivity index is 0.00000705. The van der Waals surface area contributed by atoms with Crippen molar-refractivity contribution in [2.75, 3.05) is 6.61 Å². The number of fused-ring (bicyclic) bond motifs is 1. The maximum atomic E-state index is 14.7. The van der Waals surface area contributed by atoms with Gasteiger partial charge in [0.1, 0.15) is 11.7 Å². The molecule has 1 saturated heterocycles. The Bertz CT molecular complexity index is 1250. The molecule has 0 bridgehead atoms. The van der Waals surface area contributed by atoms with Crippen molar-refractivity contribution in [2.45, 2.75) is 178 Å². The van der Waals surface area contributed by atoms with Crippen LogP contribution in [0, 0.1) is 23.7 Å². The Morgan fingerprint density at radius 3 is 1.73 bits per heavy atom. The van der Waals surface area contributed by atoms with Crippen molar-refractivity contribution >= 4 is 25.0 Å². The van der Waals surface area contributed by atoms with E-state index < -0.39 is 59.8 Å². The zero-order valence-corrected chi connectivity index (χ0v) is 34.9. The molecule has 1 heterocycles. The van der Waals surface area contributed by atoms with Crippen molar-refractivity contribution in [1.29, 1.82) is 0 Å². The summed E-state index contributed by atoms with van der Waals surface area (Å²) in [6.45, 7) is 37.2. The minimum absolute atomic E-state index is 0. The molecule has 3 aliphatic rings. The Labute approximate surface area is 291 Å². The van der Waals surface area contributed by atoms with E-state index in [-0.39, 0.29) is 40.4 Å². The molecular weight excluding hydrogens is 608 g/mol. The summed E-state index contributed by atoms with van der Waals surface area (Å²) in [5.41, 5.74) is -3.75. The first kappa shape index (κ1) is 41.0. The fraction of sp³-hybridized carbons (Fsp3) is 0.829. The molecule has 45 heavy (non-hydrogen) atoms. The molecule has 250 valence electrons. The molecule has 6 nitrogen and oxygen atoms in total. The minimum Gasteiger partial charge on any atom is -0.840 e. The first-order chi connectivity index (χ1) is 19.5. The topological polar surface area (TPSA) is 69.2 Å². The number of hydrogen-bond acceptors (Lipinski definition) is 6. The van der Waals surface area contributed by atoms with E-state index in [1.54, 1.807) is 0 Å². The molecule has 10 heteroatoms. The molecule has 0 aromatic rings. The van der Waals surface area contributed by atoms with Crippen LogP contribution in [0.4, 0.5) is 0 Å². The molecule has 2 aliphatic carbocycles. The SMILES string of the molecule is CC1(C)OC[C@H]([C@]2(O[Si](C)(C)C(C)(C)C)C#C[C@]3(O[Si](C)(C)C(C)(C)C)C=CC[C@]3(O[Si](C)(C)C(C)(C)C)[C@H]([O-])C#CC2)O1.[Li+]. The molecule has 1 aliphatic heterocycles. The second kappa shape index (κ2) is 12.6. The second-order valence-electron chi connectivity index (χ2n) is 18.2. The van der Waals surface area contributed by atoms with Crippen LogP contribution in [-0.2, 0) is 22.8 Å². The standard InChI is InChI=1S/C35H61O6Si3.Li/c1-29(2,3)42(12,13)39-33(28-26-37-32(10,11)38-28)21-18-20-27(36)35(41-44(16,17)31(7,8)9)23-19-22-34(35,25-24-33)40-43(14,15)30(4,5)6;/h19,22,27-28H,21,23,26H2,1-17H3;/q-1;+1/t27-,28-,33-,34-,35+;/m1./s1. The number of hydrogen-bond donors (Lipinski definition) is 0. The van der Waals surface area contributed by atoms with Crippen molar-refractivity contribution in [3.8, 4) is 23.7 Å². The number of ether oxygens (including phenoxy) is 2. The predicted octanol–water partition coefficient (Wildman–Crippen LogP) is 4.52. The molecule has 0 amide bonds. The van der Waals surface area contributed by atoms with E-state index in [9.17, 15) is 5.11 Å². The summed E-state index contributed by atoms with van der Waals surface area (Å²) in [5.74, 6) is 12.9. The van der Waals surface area contributed by atoms with E-state index in [0.29, 0.717) is 13.0 Å². The summed E-state index contributed by atoms with van der Waals surface area (Å²) >= 11 is 0. The van der Waals surface area contributed by atoms with Crippen LogP contribution in [0.15, 0.2) is 12.2 Å². The normalized spacial score (nSPS) is 32.2. The predicted molar refractivity (Wildman–Crippen MR) is 186 cm³/mol. The third-order valence-corrected chi connectivity index (χ3v) is 24.5. The van der Waals surface area contributed by atoms with Gasteiger partial charge in [-0.2, -0.15) is 0 Å². The summed E-state index contributed by atoms with van der Waals surface area (Å²) in [4.78, 5) is 0. The van der Waals surface area contributed by atoms with Gasteiger partial charge in [-0.3, -0.25) is 0 Å². The molecule has 0 unspecified atom stereocenters. The van der Waals surface area contributed by atoms with E-state index in [1.165, 1.54) is 0 Å². The summed E-state index contributed by atoms with van der Waals surface area (Å²) < 4.78 is 34.5. The van der Waals surface area contributed by atoms with E-state index in [1.807, 2.05) is 26.0 Å². The molecule has 1 fully saturated rings. The third-order valence-electron chi connectivity index (χ3n) is 11.1. The monoisotopic (exact) mass is 668 g/mol. The van der Waals surface area contributed by atoms with Gasteiger partial charge in [-0.15, -0.1) is 11.8 Å². The van der Waals surface area contributed by atoms with Gasteiger partial charge >= 0.3 is 18.9 Å². The quantitative estimate of drug-likeness (QED) is 0.226. The van der Waals surface area contributed by atoms with Crippen LogP contribution in [0.5, 0.6) is 0 Å². The molecule has 0 aromatic carbocycles. The molecule has 0 aromatic heterocycles. The van der Waals surface area contributed by atoms with E-state index in [2.05, 4.69) is 125 Å². The van der Waals surface area contributed by atoms with E-state index in [4.69, 9.17) is 22.8 Å². The van der Waals surface area contributed by atoms with Gasteiger partial charge < -0.3 is 27.9 Å². The van der Waals surface area contributed by atoms with Crippen LogP contribution in [-0.4, -0.2) is 66.4 Å². The van der Waals surface area contributed by atoms with Crippen molar-refractivity contribution in [3.63, 3.8) is 0 Å². The molecule has 0 spiro atoms. The fourth-order valence-electron chi connectivity index (χ4n) is 5.10. The summed E-state index contributed by atoms with van der Waals surface area (Å²) in [7, 11) is -7.44. The Hall–Kier alpha value is -0.132. The Kier molecular flexibility index (Phi) is 11.5. The number of rotatable bonds is 7. The zero-order valence-electron chi connectivity index (χ0n) is 31.9. The smallest absolute Gasteiger partial charge is 0.840 e. The van der Waals surface area contributed by atoms with Gasteiger partial charge in [0, 0.05) is 0 Å². The molecule has 3 rings (SSSR count). The van der Waals surface area contributed by atoms with E-state index >= 15 is 0 Å². The third kappa shape index (κ3) is 7.87. The largest absolute Gasteiger partial charge is 1.00 e. The van der Waals surface area contributed by atoms with Gasteiger partial charge in [0.25, 0.3) is 0 Å². The van der Waals surface area contributed by atoms with E-state index in [0.717, 1.165) is 0 Å². The van der Waals surface area contributed by atoms with Crippen molar-refractivity contribution < 1.29 is 46.7 Å². The summed E-state index contributed by atoms with van der Waals surface area (Å²) in [5, 5.41) is 14.3. The molecule has 0 saturated carbocycles. The maximum absolute atomic E-state index is 14.7. The Morgan fingerprint density at radius 2 is 1.27 bits per heavy atom. The summed E-state index contributed by atoms with van der Waals surface area (Å²) in [6.07, 6.45) is 2.76. The van der Waals surface area contributed by atoms with Crippen molar-refractivity contribution in [2.24, 2.45) is 0 Å². The van der Waals surface area contributed by atoms with Gasteiger partial charge in [0.15, 0.2) is 41.9 Å². The van der Waals surface area contributed by atoms with Crippen LogP contribution in [0.3, 0.4) is 0 Å². The van der Waals surface area contributed by atoms with Crippen LogP contribution in [0.2, 0.25) is 54.4 Å². The second-order valence-corrected chi connectivity index (χ2v) is 32.3. The van der Waals surface area contributed by atoms with Crippen LogP contribution >= 0.6 is 0 Å². The molecule has 5 atom stereocenters. The van der Waals surface area contributed by atoms with Crippen LogP contribution in [0.1, 0.15) is 89.0 Å². The minimum atomic E-state index is -2.51. The molecule has 0 N–H and O–H groups in total. The Morgan fingerprint density at radius 1 is 0.778 bits per heavy atom. The first-order valence-corrected chi connectivity index (χ1v) is 25.0. The van der Waals surface area contributed by atoms with Gasteiger partial charge in [-0.1, -0.05) is 80.2 Å². The molecular formula is C35H61LiO6Si3. The van der Waals surface area contributed by atoms with Gasteiger partial charge in [0.05, 0.1) is 13.0 Å². The average Bonchev–Trinajstić information content (AvgIpc) is 3.35. The van der Waals surface area contributed by atoms with Crippen LogP contribution in [0.25, 0.3) is 0 Å². The summed E-state index contributed by atoms with van der Waals surface area (Å²) in [6, 6.07) is 0. The van der Waals surface area contributed by atoms with Crippen molar-refractivity contribution in [3.05, 3.63) is 12.2 Å². The van der Waals surface area contributed by atoms with Gasteiger partial charge in [-0.05, 0) is 86.8 Å². The maximum Gasteiger partial charge on any atom is 1.00 e. The van der Waals surface area contributed by atoms with Crippen LogP contribution < -0.4 is 24.0 Å². The molecule has 0 radical (unpaired) electrons.